The summed E-state index contributed by atoms with van der Waals surface area (Å²) in [5.74, 6) is 0.241. The van der Waals surface area contributed by atoms with Gasteiger partial charge in [0.15, 0.2) is 0 Å². The van der Waals surface area contributed by atoms with Gasteiger partial charge in [-0.05, 0) is 44.7 Å². The zero-order valence-corrected chi connectivity index (χ0v) is 28.3. The van der Waals surface area contributed by atoms with Crippen molar-refractivity contribution in [1.29, 1.82) is 0 Å². The number of anilines is 2. The van der Waals surface area contributed by atoms with E-state index in [4.69, 9.17) is 5.11 Å². The second kappa shape index (κ2) is 26.8. The van der Waals surface area contributed by atoms with Crippen LogP contribution in [0.1, 0.15) is 52.5 Å². The van der Waals surface area contributed by atoms with Crippen molar-refractivity contribution in [3.8, 4) is 0 Å². The van der Waals surface area contributed by atoms with Crippen molar-refractivity contribution in [2.75, 3.05) is 51.5 Å². The average molecular weight is 644 g/mol. The molecule has 12 nitrogen and oxygen atoms in total. The topological polar surface area (TPSA) is 168 Å². The lowest BCUT2D eigenvalue weighted by molar-refractivity contribution is -0.132. The molecule has 0 bridgehead atoms. The predicted octanol–water partition coefficient (Wildman–Crippen LogP) is 3.35. The first-order valence-electron chi connectivity index (χ1n) is 15.1. The number of aliphatic hydroxyl groups excluding tert-OH is 2. The summed E-state index contributed by atoms with van der Waals surface area (Å²) in [6.45, 7) is 13.4. The first-order valence-corrected chi connectivity index (χ1v) is 15.1. The van der Waals surface area contributed by atoms with E-state index < -0.39 is 16.9 Å². The van der Waals surface area contributed by atoms with Crippen LogP contribution in [0.25, 0.3) is 0 Å². The van der Waals surface area contributed by atoms with Gasteiger partial charge in [0.05, 0.1) is 5.76 Å². The molecule has 0 aliphatic carbocycles. The van der Waals surface area contributed by atoms with E-state index in [9.17, 15) is 29.1 Å². The Hall–Kier alpha value is -4.55. The van der Waals surface area contributed by atoms with Crippen LogP contribution in [0.15, 0.2) is 75.7 Å². The third kappa shape index (κ3) is 16.0. The molecule has 256 valence electrons. The minimum Gasteiger partial charge on any atom is -0.512 e. The molecule has 2 aromatic carbocycles. The maximum Gasteiger partial charge on any atom is 0.253 e. The number of carbonyl (C=O) groups excluding carboxylic acids is 3. The molecule has 1 saturated heterocycles. The predicted molar refractivity (Wildman–Crippen MR) is 187 cm³/mol. The molecule has 0 aromatic heterocycles. The van der Waals surface area contributed by atoms with Crippen LogP contribution in [0.3, 0.4) is 0 Å². The minimum atomic E-state index is -0.564. The van der Waals surface area contributed by atoms with Crippen LogP contribution in [0, 0.1) is 0 Å². The molecule has 1 aliphatic heterocycles. The van der Waals surface area contributed by atoms with Crippen molar-refractivity contribution in [3.63, 3.8) is 0 Å². The van der Waals surface area contributed by atoms with Gasteiger partial charge in [-0.2, -0.15) is 0 Å². The molecule has 1 heterocycles. The summed E-state index contributed by atoms with van der Waals surface area (Å²) >= 11 is 0. The third-order valence-corrected chi connectivity index (χ3v) is 6.14. The molecule has 2 aromatic rings. The van der Waals surface area contributed by atoms with Crippen LogP contribution in [-0.2, 0) is 20.9 Å². The highest BCUT2D eigenvalue weighted by atomic mass is 16.3. The molecule has 0 spiro atoms. The van der Waals surface area contributed by atoms with Gasteiger partial charge in [0, 0.05) is 45.4 Å². The van der Waals surface area contributed by atoms with E-state index in [1.54, 1.807) is 12.2 Å². The molecular weight excluding hydrogens is 590 g/mol. The summed E-state index contributed by atoms with van der Waals surface area (Å²) in [6, 6.07) is 9.14. The summed E-state index contributed by atoms with van der Waals surface area (Å²) in [7, 11) is 4.75. The molecule has 12 heteroatoms. The van der Waals surface area contributed by atoms with Crippen LogP contribution in [-0.4, -0.2) is 86.0 Å². The van der Waals surface area contributed by atoms with E-state index in [-0.39, 0.29) is 23.6 Å². The van der Waals surface area contributed by atoms with Crippen LogP contribution in [0.5, 0.6) is 0 Å². The summed E-state index contributed by atoms with van der Waals surface area (Å²) in [5, 5.41) is 25.9. The van der Waals surface area contributed by atoms with Gasteiger partial charge >= 0.3 is 0 Å². The lowest BCUT2D eigenvalue weighted by Crippen LogP contribution is -2.52. The summed E-state index contributed by atoms with van der Waals surface area (Å²) in [4.78, 5) is 57.9. The number of piperazine rings is 1. The molecule has 0 radical (unpaired) electrons. The Morgan fingerprint density at radius 2 is 1.54 bits per heavy atom. The number of hydrogen-bond acceptors (Lipinski definition) is 10. The van der Waals surface area contributed by atoms with Crippen LogP contribution >= 0.6 is 0 Å². The average Bonchev–Trinajstić information content (AvgIpc) is 3.09. The largest absolute Gasteiger partial charge is 0.512 e. The SMILES string of the molecule is C=C/C=C(\C/C(O)=C(/C)CC)Nc1c(NCc2ccccc2)c(=O)c1=O.CCC.CNC.CO.O=CC1CN(C=O)CCN1C=O. The Kier molecular flexibility index (Phi) is 25.4. The van der Waals surface area contributed by atoms with Gasteiger partial charge < -0.3 is 40.8 Å². The van der Waals surface area contributed by atoms with Gasteiger partial charge in [0.1, 0.15) is 23.7 Å². The number of nitrogens with one attached hydrogen (secondary N) is 3. The Morgan fingerprint density at radius 3 is 2.02 bits per heavy atom. The number of amides is 2. The molecule has 1 aliphatic rings. The number of allylic oxidation sites excluding steroid dienone is 3. The van der Waals surface area contributed by atoms with Gasteiger partial charge in [-0.3, -0.25) is 19.2 Å². The monoisotopic (exact) mass is 643 g/mol. The van der Waals surface area contributed by atoms with E-state index in [0.29, 0.717) is 51.0 Å². The van der Waals surface area contributed by atoms with Gasteiger partial charge in [0.2, 0.25) is 12.8 Å². The number of nitrogens with zero attached hydrogens (tertiary/aromatic N) is 2. The quantitative estimate of drug-likeness (QED) is 0.100. The maximum atomic E-state index is 12.0. The Morgan fingerprint density at radius 1 is 0.978 bits per heavy atom. The van der Waals surface area contributed by atoms with Crippen LogP contribution in [0.4, 0.5) is 11.4 Å². The van der Waals surface area contributed by atoms with E-state index >= 15 is 0 Å². The van der Waals surface area contributed by atoms with E-state index in [0.717, 1.165) is 24.7 Å². The van der Waals surface area contributed by atoms with Crippen molar-refractivity contribution >= 4 is 30.5 Å². The number of hydrogen-bond donors (Lipinski definition) is 5. The van der Waals surface area contributed by atoms with Crippen molar-refractivity contribution in [3.05, 3.63) is 92.1 Å². The van der Waals surface area contributed by atoms with Crippen molar-refractivity contribution in [2.24, 2.45) is 0 Å². The zero-order valence-electron chi connectivity index (χ0n) is 28.3. The van der Waals surface area contributed by atoms with Crippen molar-refractivity contribution in [1.82, 2.24) is 15.1 Å². The fourth-order valence-electron chi connectivity index (χ4n) is 3.64. The summed E-state index contributed by atoms with van der Waals surface area (Å²) in [6.07, 6.45) is 7.49. The third-order valence-electron chi connectivity index (χ3n) is 6.14. The van der Waals surface area contributed by atoms with E-state index in [1.807, 2.05) is 58.3 Å². The lowest BCUT2D eigenvalue weighted by atomic mass is 10.1. The highest BCUT2D eigenvalue weighted by Gasteiger charge is 2.24. The second-order valence-corrected chi connectivity index (χ2v) is 9.91. The van der Waals surface area contributed by atoms with Crippen molar-refractivity contribution in [2.45, 2.75) is 59.5 Å². The molecule has 46 heavy (non-hydrogen) atoms. The normalized spacial score (nSPS) is 14.2. The molecule has 1 unspecified atom stereocenters. The molecule has 2 amide bonds. The number of aldehydes is 1. The van der Waals surface area contributed by atoms with Crippen molar-refractivity contribution < 1.29 is 24.6 Å². The Balaban J connectivity index is 0. The zero-order chi connectivity index (χ0) is 35.5. The highest BCUT2D eigenvalue weighted by molar-refractivity contribution is 5.75. The van der Waals surface area contributed by atoms with Crippen LogP contribution < -0.4 is 26.8 Å². The second-order valence-electron chi connectivity index (χ2n) is 9.91. The van der Waals surface area contributed by atoms with Crippen LogP contribution in [0.2, 0.25) is 0 Å². The van der Waals surface area contributed by atoms with Gasteiger partial charge in [-0.25, -0.2) is 0 Å². The number of rotatable bonds is 12. The minimum absolute atomic E-state index is 0.223. The fraction of sp³-hybridized carbons (Fsp3) is 0.441. The molecule has 3 rings (SSSR count). The van der Waals surface area contributed by atoms with E-state index in [1.165, 1.54) is 16.2 Å². The smallest absolute Gasteiger partial charge is 0.253 e. The molecule has 1 fully saturated rings. The van der Waals surface area contributed by atoms with Gasteiger partial charge in [-0.15, -0.1) is 0 Å². The summed E-state index contributed by atoms with van der Waals surface area (Å²) in [5.41, 5.74) is 1.87. The first kappa shape index (κ1) is 43.6. The lowest BCUT2D eigenvalue weighted by Gasteiger charge is -2.34. The molecular formula is C34H53N5O7. The number of aliphatic hydroxyl groups is 2. The van der Waals surface area contributed by atoms with Gasteiger partial charge in [-0.1, -0.05) is 70.2 Å². The standard InChI is InChI=1S/C21H24N2O3.C7H10N2O3.C3H8.C2H7N.CH4O/c1-4-9-16(12-17(24)14(3)5-2)23-19-18(20(25)21(19)26)22-13-15-10-7-6-8-11-15;10-4-7-3-8(5-11)1-2-9(7)6-12;2*1-3-2;1-2/h4,6-11,22-24H,1,5,12-13H2,2-3H3;4-7H,1-3H2;3H2,1-2H3;3H,1-2H3;2H,1H3/b16-9+,17-14+;;;;. The summed E-state index contributed by atoms with van der Waals surface area (Å²) < 4.78 is 0. The molecule has 5 N–H and O–H groups in total. The number of carbonyl (C=O) groups is 3. The maximum absolute atomic E-state index is 12.0. The number of benzene rings is 1. The molecule has 1 atom stereocenters. The highest BCUT2D eigenvalue weighted by Crippen LogP contribution is 2.21. The fourth-order valence-corrected chi connectivity index (χ4v) is 3.64. The Labute approximate surface area is 273 Å². The van der Waals surface area contributed by atoms with Gasteiger partial charge in [0.25, 0.3) is 10.9 Å². The van der Waals surface area contributed by atoms with E-state index in [2.05, 4.69) is 36.4 Å². The Bertz CT molecular complexity index is 1280. The molecule has 0 saturated carbocycles. The first-order chi connectivity index (χ1) is 22.1.